The van der Waals surface area contributed by atoms with E-state index < -0.39 is 0 Å². The van der Waals surface area contributed by atoms with Crippen LogP contribution < -0.4 is 10.1 Å². The van der Waals surface area contributed by atoms with Crippen molar-refractivity contribution < 1.29 is 9.84 Å². The van der Waals surface area contributed by atoms with Crippen LogP contribution in [0, 0.1) is 0 Å². The average molecular weight is 271 g/mol. The molecule has 0 aromatic heterocycles. The minimum Gasteiger partial charge on any atom is -0.497 e. The first-order chi connectivity index (χ1) is 9.76. The van der Waals surface area contributed by atoms with Gasteiger partial charge in [0.1, 0.15) is 5.75 Å². The summed E-state index contributed by atoms with van der Waals surface area (Å²) in [7, 11) is 1.65. The van der Waals surface area contributed by atoms with Crippen molar-refractivity contribution >= 4 is 5.69 Å². The van der Waals surface area contributed by atoms with Gasteiger partial charge < -0.3 is 15.2 Å². The van der Waals surface area contributed by atoms with Crippen LogP contribution in [0.15, 0.2) is 48.5 Å². The summed E-state index contributed by atoms with van der Waals surface area (Å²) < 4.78 is 5.13. The number of methoxy groups -OCH3 is 1. The van der Waals surface area contributed by atoms with Gasteiger partial charge in [-0.05, 0) is 41.8 Å². The number of nitrogens with one attached hydrogen (secondary N) is 1. The van der Waals surface area contributed by atoms with Gasteiger partial charge in [0.05, 0.1) is 19.8 Å². The molecule has 0 saturated heterocycles. The van der Waals surface area contributed by atoms with E-state index in [4.69, 9.17) is 4.74 Å². The Morgan fingerprint density at radius 1 is 1.05 bits per heavy atom. The lowest BCUT2D eigenvalue weighted by atomic mass is 10.0. The highest BCUT2D eigenvalue weighted by atomic mass is 16.5. The zero-order chi connectivity index (χ0) is 14.4. The maximum Gasteiger partial charge on any atom is 0.119 e. The molecule has 0 aliphatic heterocycles. The topological polar surface area (TPSA) is 41.5 Å². The van der Waals surface area contributed by atoms with Crippen LogP contribution in [0.25, 0.3) is 0 Å². The SMILES string of the molecule is CCc1ccc(C(CO)Nc2ccc(OC)cc2)cc1. The van der Waals surface area contributed by atoms with Gasteiger partial charge in [0.2, 0.25) is 0 Å². The number of hydrogen-bond acceptors (Lipinski definition) is 3. The van der Waals surface area contributed by atoms with Gasteiger partial charge in [-0.25, -0.2) is 0 Å². The van der Waals surface area contributed by atoms with Crippen molar-refractivity contribution in [2.75, 3.05) is 19.0 Å². The molecule has 2 aromatic carbocycles. The van der Waals surface area contributed by atoms with Crippen LogP contribution in [0.4, 0.5) is 5.69 Å². The van der Waals surface area contributed by atoms with E-state index in [0.29, 0.717) is 0 Å². The third kappa shape index (κ3) is 3.52. The van der Waals surface area contributed by atoms with Gasteiger partial charge in [-0.2, -0.15) is 0 Å². The summed E-state index contributed by atoms with van der Waals surface area (Å²) in [6, 6.07) is 15.9. The van der Waals surface area contributed by atoms with Crippen molar-refractivity contribution in [3.8, 4) is 5.75 Å². The number of aliphatic hydroxyl groups excluding tert-OH is 1. The second-order valence-electron chi connectivity index (χ2n) is 4.70. The maximum atomic E-state index is 9.58. The molecule has 0 fully saturated rings. The summed E-state index contributed by atoms with van der Waals surface area (Å²) in [5.74, 6) is 0.823. The Labute approximate surface area is 120 Å². The Hall–Kier alpha value is -2.00. The molecule has 0 aliphatic carbocycles. The molecule has 106 valence electrons. The lowest BCUT2D eigenvalue weighted by Gasteiger charge is -2.18. The highest BCUT2D eigenvalue weighted by molar-refractivity contribution is 5.48. The van der Waals surface area contributed by atoms with E-state index >= 15 is 0 Å². The molecule has 0 bridgehead atoms. The standard InChI is InChI=1S/C17H21NO2/c1-3-13-4-6-14(7-5-13)17(12-19)18-15-8-10-16(20-2)11-9-15/h4-11,17-19H,3,12H2,1-2H3. The number of aliphatic hydroxyl groups is 1. The van der Waals surface area contributed by atoms with Crippen molar-refractivity contribution in [2.45, 2.75) is 19.4 Å². The third-order valence-electron chi connectivity index (χ3n) is 3.40. The normalized spacial score (nSPS) is 11.9. The molecule has 2 rings (SSSR count). The van der Waals surface area contributed by atoms with E-state index in [1.165, 1.54) is 5.56 Å². The molecule has 2 N–H and O–H groups in total. The zero-order valence-electron chi connectivity index (χ0n) is 12.0. The minimum atomic E-state index is -0.102. The van der Waals surface area contributed by atoms with E-state index in [9.17, 15) is 5.11 Å². The third-order valence-corrected chi connectivity index (χ3v) is 3.40. The Morgan fingerprint density at radius 3 is 2.20 bits per heavy atom. The molecule has 0 heterocycles. The molecule has 0 aliphatic rings. The Balaban J connectivity index is 2.10. The number of benzene rings is 2. The molecular formula is C17H21NO2. The minimum absolute atomic E-state index is 0.0531. The zero-order valence-corrected chi connectivity index (χ0v) is 12.0. The van der Waals surface area contributed by atoms with Crippen molar-refractivity contribution in [1.29, 1.82) is 0 Å². The van der Waals surface area contributed by atoms with Gasteiger partial charge in [-0.15, -0.1) is 0 Å². The first-order valence-corrected chi connectivity index (χ1v) is 6.87. The monoisotopic (exact) mass is 271 g/mol. The van der Waals surface area contributed by atoms with E-state index in [-0.39, 0.29) is 12.6 Å². The Kier molecular flexibility index (Phi) is 5.02. The smallest absolute Gasteiger partial charge is 0.119 e. The predicted octanol–water partition coefficient (Wildman–Crippen LogP) is 3.40. The first kappa shape index (κ1) is 14.4. The molecule has 20 heavy (non-hydrogen) atoms. The van der Waals surface area contributed by atoms with E-state index in [0.717, 1.165) is 23.4 Å². The summed E-state index contributed by atoms with van der Waals surface area (Å²) in [5.41, 5.74) is 3.35. The van der Waals surface area contributed by atoms with E-state index in [2.05, 4.69) is 36.5 Å². The van der Waals surface area contributed by atoms with Gasteiger partial charge in [0.25, 0.3) is 0 Å². The number of aryl methyl sites for hydroxylation is 1. The fourth-order valence-corrected chi connectivity index (χ4v) is 2.11. The largest absolute Gasteiger partial charge is 0.497 e. The molecule has 0 spiro atoms. The molecule has 2 aromatic rings. The lowest BCUT2D eigenvalue weighted by molar-refractivity contribution is 0.276. The average Bonchev–Trinajstić information content (AvgIpc) is 2.53. The molecule has 0 radical (unpaired) electrons. The van der Waals surface area contributed by atoms with Crippen LogP contribution >= 0.6 is 0 Å². The van der Waals surface area contributed by atoms with Gasteiger partial charge in [0, 0.05) is 5.69 Å². The second-order valence-corrected chi connectivity index (χ2v) is 4.70. The Bertz CT molecular complexity index is 520. The van der Waals surface area contributed by atoms with Gasteiger partial charge in [-0.1, -0.05) is 31.2 Å². The highest BCUT2D eigenvalue weighted by Crippen LogP contribution is 2.22. The van der Waals surface area contributed by atoms with Crippen LogP contribution in [-0.2, 0) is 6.42 Å². The summed E-state index contributed by atoms with van der Waals surface area (Å²) in [4.78, 5) is 0. The van der Waals surface area contributed by atoms with Crippen molar-refractivity contribution in [1.82, 2.24) is 0 Å². The molecule has 3 nitrogen and oxygen atoms in total. The van der Waals surface area contributed by atoms with Gasteiger partial charge >= 0.3 is 0 Å². The van der Waals surface area contributed by atoms with Gasteiger partial charge in [-0.3, -0.25) is 0 Å². The second kappa shape index (κ2) is 6.96. The van der Waals surface area contributed by atoms with Crippen molar-refractivity contribution in [3.63, 3.8) is 0 Å². The van der Waals surface area contributed by atoms with Crippen molar-refractivity contribution in [2.24, 2.45) is 0 Å². The van der Waals surface area contributed by atoms with E-state index in [1.807, 2.05) is 24.3 Å². The van der Waals surface area contributed by atoms with Crippen molar-refractivity contribution in [3.05, 3.63) is 59.7 Å². The molecular weight excluding hydrogens is 250 g/mol. The molecule has 3 heteroatoms. The fourth-order valence-electron chi connectivity index (χ4n) is 2.11. The van der Waals surface area contributed by atoms with Gasteiger partial charge in [0.15, 0.2) is 0 Å². The van der Waals surface area contributed by atoms with Crippen LogP contribution in [-0.4, -0.2) is 18.8 Å². The highest BCUT2D eigenvalue weighted by Gasteiger charge is 2.10. The first-order valence-electron chi connectivity index (χ1n) is 6.87. The molecule has 1 atom stereocenters. The van der Waals surface area contributed by atoms with Crippen LogP contribution in [0.1, 0.15) is 24.1 Å². The summed E-state index contributed by atoms with van der Waals surface area (Å²) in [6.45, 7) is 2.19. The lowest BCUT2D eigenvalue weighted by Crippen LogP contribution is -2.14. The molecule has 1 unspecified atom stereocenters. The molecule has 0 amide bonds. The predicted molar refractivity (Wildman–Crippen MR) is 82.3 cm³/mol. The van der Waals surface area contributed by atoms with Crippen LogP contribution in [0.5, 0.6) is 5.75 Å². The maximum absolute atomic E-state index is 9.58. The molecule has 0 saturated carbocycles. The number of rotatable bonds is 6. The van der Waals surface area contributed by atoms with E-state index in [1.54, 1.807) is 7.11 Å². The summed E-state index contributed by atoms with van der Waals surface area (Å²) >= 11 is 0. The number of hydrogen-bond donors (Lipinski definition) is 2. The fraction of sp³-hybridized carbons (Fsp3) is 0.294. The summed E-state index contributed by atoms with van der Waals surface area (Å²) in [5, 5.41) is 12.9. The van der Waals surface area contributed by atoms with Crippen LogP contribution in [0.3, 0.4) is 0 Å². The number of anilines is 1. The van der Waals surface area contributed by atoms with Crippen LogP contribution in [0.2, 0.25) is 0 Å². The number of ether oxygens (including phenoxy) is 1. The Morgan fingerprint density at radius 2 is 1.70 bits per heavy atom. The summed E-state index contributed by atoms with van der Waals surface area (Å²) in [6.07, 6.45) is 1.02. The quantitative estimate of drug-likeness (QED) is 0.846.